The number of amidine groups is 1. The Balaban J connectivity index is 0.000000243. The first-order chi connectivity index (χ1) is 16.1. The maximum atomic E-state index is 12.1. The number of aryl methyl sites for hydroxylation is 1. The summed E-state index contributed by atoms with van der Waals surface area (Å²) in [6.07, 6.45) is 7.51. The minimum Gasteiger partial charge on any atom is -0.342 e. The number of imidazole rings is 1. The topological polar surface area (TPSA) is 69.2 Å². The highest BCUT2D eigenvalue weighted by molar-refractivity contribution is 7.98. The average molecular weight is 503 g/mol. The van der Waals surface area contributed by atoms with Crippen LogP contribution in [0.1, 0.15) is 35.8 Å². The number of aromatic amines is 1. The van der Waals surface area contributed by atoms with Crippen LogP contribution in [0.4, 0.5) is 4.39 Å². The molecule has 1 saturated heterocycles. The van der Waals surface area contributed by atoms with Crippen molar-refractivity contribution in [2.24, 2.45) is 4.99 Å². The van der Waals surface area contributed by atoms with E-state index in [2.05, 4.69) is 24.6 Å². The van der Waals surface area contributed by atoms with E-state index in [1.807, 2.05) is 36.6 Å². The molecule has 6 nitrogen and oxygen atoms in total. The number of nitrogens with zero attached hydrogens (tertiary/aromatic N) is 4. The number of aromatic nitrogens is 3. The molecule has 0 amide bonds. The molecule has 6 rings (SSSR count). The molecule has 2 fully saturated rings. The first-order valence-corrected chi connectivity index (χ1v) is 13.0. The summed E-state index contributed by atoms with van der Waals surface area (Å²) < 4.78 is 15.8. The van der Waals surface area contributed by atoms with Crippen LogP contribution in [0.5, 0.6) is 0 Å². The van der Waals surface area contributed by atoms with Gasteiger partial charge in [0.1, 0.15) is 11.6 Å². The Morgan fingerprint density at radius 1 is 1.30 bits per heavy atom. The van der Waals surface area contributed by atoms with Crippen molar-refractivity contribution < 1.29 is 4.39 Å². The van der Waals surface area contributed by atoms with Crippen LogP contribution in [0, 0.1) is 12.7 Å². The maximum absolute atomic E-state index is 12.1. The van der Waals surface area contributed by atoms with Crippen LogP contribution in [0.25, 0.3) is 5.57 Å². The predicted molar refractivity (Wildman–Crippen MR) is 134 cm³/mol. The van der Waals surface area contributed by atoms with Crippen LogP contribution in [0.2, 0.25) is 5.02 Å². The molecule has 1 unspecified atom stereocenters. The van der Waals surface area contributed by atoms with Crippen molar-refractivity contribution in [3.8, 4) is 0 Å². The van der Waals surface area contributed by atoms with E-state index in [1.54, 1.807) is 23.5 Å². The summed E-state index contributed by atoms with van der Waals surface area (Å²) in [5, 5.41) is 4.27. The second-order valence-corrected chi connectivity index (χ2v) is 10.6. The predicted octanol–water partition coefficient (Wildman–Crippen LogP) is 5.30. The number of H-pyrrole nitrogens is 1. The smallest absolute Gasteiger partial charge is 0.165 e. The zero-order chi connectivity index (χ0) is 22.8. The van der Waals surface area contributed by atoms with Gasteiger partial charge in [-0.05, 0) is 38.0 Å². The van der Waals surface area contributed by atoms with Crippen molar-refractivity contribution in [3.05, 3.63) is 75.1 Å². The number of nitrogens with one attached hydrogen (secondary N) is 2. The van der Waals surface area contributed by atoms with E-state index in [4.69, 9.17) is 16.6 Å². The summed E-state index contributed by atoms with van der Waals surface area (Å²) in [5.41, 5.74) is 3.72. The van der Waals surface area contributed by atoms with Crippen molar-refractivity contribution in [1.29, 1.82) is 0 Å². The summed E-state index contributed by atoms with van der Waals surface area (Å²) >= 11 is 8.97. The van der Waals surface area contributed by atoms with Gasteiger partial charge in [0.15, 0.2) is 10.8 Å². The first kappa shape index (κ1) is 22.6. The standard InChI is InChI=1S/C17H20N6S2.C6H4ClF/c1-10-19-8-14(21-10)13-7-20-16(17-18-4-5-24-17)23-9-11(6-15(13)23)22-25-12-2-3-12;7-5-2-1-3-6(8)4-5/h4-5,8,11-12,22H,2-3,6-7,9H2,1H3,(H,19,21);1-4H. The van der Waals surface area contributed by atoms with Crippen LogP contribution in [0.3, 0.4) is 0 Å². The molecule has 3 aliphatic rings. The number of rotatable bonds is 5. The van der Waals surface area contributed by atoms with Gasteiger partial charge in [-0.15, -0.1) is 11.3 Å². The summed E-state index contributed by atoms with van der Waals surface area (Å²) in [6.45, 7) is 3.62. The molecule has 4 heterocycles. The van der Waals surface area contributed by atoms with Crippen molar-refractivity contribution in [2.75, 3.05) is 13.1 Å². The molecule has 0 radical (unpaired) electrons. The van der Waals surface area contributed by atoms with Crippen LogP contribution >= 0.6 is 34.9 Å². The van der Waals surface area contributed by atoms with Crippen LogP contribution in [0.15, 0.2) is 52.7 Å². The monoisotopic (exact) mass is 502 g/mol. The molecule has 3 aromatic rings. The number of thiazole rings is 1. The van der Waals surface area contributed by atoms with E-state index in [-0.39, 0.29) is 5.82 Å². The minimum atomic E-state index is -0.294. The summed E-state index contributed by atoms with van der Waals surface area (Å²) in [4.78, 5) is 19.5. The third-order valence-electron chi connectivity index (χ3n) is 5.52. The number of benzene rings is 1. The van der Waals surface area contributed by atoms with Crippen molar-refractivity contribution in [2.45, 2.75) is 37.5 Å². The van der Waals surface area contributed by atoms with Gasteiger partial charge in [-0.25, -0.2) is 14.4 Å². The molecule has 0 spiro atoms. The SMILES string of the molecule is Cc1ncc(C2=C3CC(NSC4CC4)CN3C(c3nccs3)=NC2)[nH]1.Fc1cccc(Cl)c1. The Hall–Kier alpha value is -2.20. The van der Waals surface area contributed by atoms with Crippen LogP contribution < -0.4 is 4.72 Å². The number of hydrogen-bond acceptors (Lipinski definition) is 7. The Labute approximate surface area is 205 Å². The Kier molecular flexibility index (Phi) is 6.82. The van der Waals surface area contributed by atoms with Crippen molar-refractivity contribution in [3.63, 3.8) is 0 Å². The molecule has 2 aliphatic heterocycles. The molecular formula is C23H24ClFN6S2. The quantitative estimate of drug-likeness (QED) is 0.463. The van der Waals surface area contributed by atoms with Crippen molar-refractivity contribution in [1.82, 2.24) is 24.6 Å². The van der Waals surface area contributed by atoms with Gasteiger partial charge in [-0.3, -0.25) is 9.71 Å². The fourth-order valence-corrected chi connectivity index (χ4v) is 5.56. The third kappa shape index (κ3) is 5.48. The summed E-state index contributed by atoms with van der Waals surface area (Å²) in [6, 6.07) is 6.26. The second kappa shape index (κ2) is 9.97. The highest BCUT2D eigenvalue weighted by atomic mass is 35.5. The Bertz CT molecular complexity index is 1150. The highest BCUT2D eigenvalue weighted by Gasteiger charge is 2.37. The Morgan fingerprint density at radius 2 is 2.18 bits per heavy atom. The molecule has 0 bridgehead atoms. The molecule has 1 atom stereocenters. The largest absolute Gasteiger partial charge is 0.342 e. The lowest BCUT2D eigenvalue weighted by molar-refractivity contribution is 0.545. The van der Waals surface area contributed by atoms with Crippen LogP contribution in [-0.4, -0.2) is 50.1 Å². The van der Waals surface area contributed by atoms with Gasteiger partial charge in [-0.2, -0.15) is 0 Å². The molecule has 2 aromatic heterocycles. The van der Waals surface area contributed by atoms with Gasteiger partial charge >= 0.3 is 0 Å². The van der Waals surface area contributed by atoms with Gasteiger partial charge in [0.05, 0.1) is 18.4 Å². The third-order valence-corrected chi connectivity index (χ3v) is 7.80. The zero-order valence-corrected chi connectivity index (χ0v) is 20.5. The van der Waals surface area contributed by atoms with Gasteiger partial charge in [0.2, 0.25) is 0 Å². The van der Waals surface area contributed by atoms with Gasteiger partial charge in [0, 0.05) is 52.1 Å². The van der Waals surface area contributed by atoms with E-state index in [9.17, 15) is 4.39 Å². The molecule has 1 aliphatic carbocycles. The van der Waals surface area contributed by atoms with E-state index in [0.717, 1.165) is 40.6 Å². The molecule has 172 valence electrons. The molecule has 1 saturated carbocycles. The number of fused-ring (bicyclic) bond motifs is 1. The minimum absolute atomic E-state index is 0.294. The van der Waals surface area contributed by atoms with E-state index < -0.39 is 0 Å². The van der Waals surface area contributed by atoms with Gasteiger partial charge in [-0.1, -0.05) is 29.6 Å². The molecule has 1 aromatic carbocycles. The molecule has 10 heteroatoms. The lowest BCUT2D eigenvalue weighted by atomic mass is 10.1. The highest BCUT2D eigenvalue weighted by Crippen LogP contribution is 2.37. The first-order valence-electron chi connectivity index (χ1n) is 10.8. The molecular weight excluding hydrogens is 479 g/mol. The lowest BCUT2D eigenvalue weighted by Crippen LogP contribution is -2.35. The average Bonchev–Trinajstić information content (AvgIpc) is 3.18. The van der Waals surface area contributed by atoms with Gasteiger partial charge in [0.25, 0.3) is 0 Å². The normalized spacial score (nSPS) is 19.8. The maximum Gasteiger partial charge on any atom is 0.165 e. The fourth-order valence-electron chi connectivity index (χ4n) is 3.82. The fraction of sp³-hybridized carbons (Fsp3) is 0.348. The Morgan fingerprint density at radius 3 is 2.82 bits per heavy atom. The van der Waals surface area contributed by atoms with E-state index >= 15 is 0 Å². The summed E-state index contributed by atoms with van der Waals surface area (Å²) in [7, 11) is 0. The zero-order valence-electron chi connectivity index (χ0n) is 18.1. The number of aliphatic imine (C=N–C) groups is 1. The van der Waals surface area contributed by atoms with E-state index in [0.29, 0.717) is 17.6 Å². The lowest BCUT2D eigenvalue weighted by Gasteiger charge is -2.27. The summed E-state index contributed by atoms with van der Waals surface area (Å²) in [5.74, 6) is 1.67. The molecule has 2 N–H and O–H groups in total. The van der Waals surface area contributed by atoms with E-state index in [1.165, 1.54) is 36.2 Å². The van der Waals surface area contributed by atoms with Gasteiger partial charge < -0.3 is 9.88 Å². The second-order valence-electron chi connectivity index (χ2n) is 8.17. The van der Waals surface area contributed by atoms with Crippen LogP contribution in [-0.2, 0) is 0 Å². The van der Waals surface area contributed by atoms with Crippen molar-refractivity contribution >= 4 is 46.3 Å². The number of hydrogen-bond donors (Lipinski definition) is 2. The molecule has 33 heavy (non-hydrogen) atoms. The number of halogens is 2.